The second kappa shape index (κ2) is 5.64. The van der Waals surface area contributed by atoms with E-state index < -0.39 is 11.4 Å². The highest BCUT2D eigenvalue weighted by Gasteiger charge is 2.45. The number of carboxylic acids is 1. The Bertz CT molecular complexity index is 506. The minimum Gasteiger partial charge on any atom is -0.481 e. The minimum atomic E-state index is -0.760. The number of nitrogens with one attached hydrogen (secondary N) is 1. The van der Waals surface area contributed by atoms with Gasteiger partial charge >= 0.3 is 5.97 Å². The summed E-state index contributed by atoms with van der Waals surface area (Å²) in [5.41, 5.74) is 0.0670. The molecule has 2 atom stereocenters. The van der Waals surface area contributed by atoms with E-state index in [-0.39, 0.29) is 6.04 Å². The van der Waals surface area contributed by atoms with Crippen molar-refractivity contribution in [2.45, 2.75) is 46.1 Å². The summed E-state index contributed by atoms with van der Waals surface area (Å²) < 4.78 is 5.43. The highest BCUT2D eigenvalue weighted by atomic mass is 16.5. The van der Waals surface area contributed by atoms with Gasteiger partial charge in [-0.15, -0.1) is 0 Å². The van der Waals surface area contributed by atoms with Crippen LogP contribution in [-0.2, 0) is 4.79 Å². The van der Waals surface area contributed by atoms with Crippen LogP contribution in [0.4, 0.5) is 5.82 Å². The number of rotatable bonds is 5. The molecule has 0 aliphatic heterocycles. The average Bonchev–Trinajstić information content (AvgIpc) is 2.77. The molecule has 6 heteroatoms. The van der Waals surface area contributed by atoms with Crippen LogP contribution >= 0.6 is 0 Å². The van der Waals surface area contributed by atoms with Crippen LogP contribution in [0.25, 0.3) is 0 Å². The van der Waals surface area contributed by atoms with E-state index in [4.69, 9.17) is 4.74 Å². The van der Waals surface area contributed by atoms with E-state index in [0.29, 0.717) is 24.7 Å². The van der Waals surface area contributed by atoms with Crippen molar-refractivity contribution in [3.05, 3.63) is 11.9 Å². The standard InChI is InChI=1S/C14H21N3O3/c1-4-20-12-9(2)11(15-8-16-12)17-10-6-5-7-14(10,3)13(18)19/h8,10H,4-7H2,1-3H3,(H,18,19)(H,15,16,17). The van der Waals surface area contributed by atoms with Gasteiger partial charge in [0.15, 0.2) is 0 Å². The molecule has 0 amide bonds. The SMILES string of the molecule is CCOc1ncnc(NC2CCCC2(C)C(=O)O)c1C. The second-order valence-corrected chi connectivity index (χ2v) is 5.40. The van der Waals surface area contributed by atoms with Gasteiger partial charge in [0.2, 0.25) is 5.88 Å². The van der Waals surface area contributed by atoms with Crippen molar-refractivity contribution in [2.75, 3.05) is 11.9 Å². The topological polar surface area (TPSA) is 84.3 Å². The van der Waals surface area contributed by atoms with Gasteiger partial charge in [-0.1, -0.05) is 6.42 Å². The predicted octanol–water partition coefficient (Wildman–Crippen LogP) is 2.24. The van der Waals surface area contributed by atoms with Crippen LogP contribution in [-0.4, -0.2) is 33.7 Å². The van der Waals surface area contributed by atoms with E-state index in [1.54, 1.807) is 6.92 Å². The van der Waals surface area contributed by atoms with Gasteiger partial charge in [-0.25, -0.2) is 9.97 Å². The Morgan fingerprint density at radius 3 is 3.00 bits per heavy atom. The van der Waals surface area contributed by atoms with Crippen LogP contribution in [0.15, 0.2) is 6.33 Å². The van der Waals surface area contributed by atoms with Gasteiger partial charge in [0.05, 0.1) is 17.6 Å². The molecule has 1 aliphatic rings. The lowest BCUT2D eigenvalue weighted by Gasteiger charge is -2.28. The van der Waals surface area contributed by atoms with Crippen molar-refractivity contribution >= 4 is 11.8 Å². The van der Waals surface area contributed by atoms with Crippen molar-refractivity contribution in [2.24, 2.45) is 5.41 Å². The summed E-state index contributed by atoms with van der Waals surface area (Å²) in [7, 11) is 0. The highest BCUT2D eigenvalue weighted by Crippen LogP contribution is 2.40. The first-order valence-corrected chi connectivity index (χ1v) is 6.93. The molecular formula is C14H21N3O3. The van der Waals surface area contributed by atoms with E-state index in [0.717, 1.165) is 18.4 Å². The first kappa shape index (κ1) is 14.6. The smallest absolute Gasteiger partial charge is 0.311 e. The lowest BCUT2D eigenvalue weighted by atomic mass is 9.85. The van der Waals surface area contributed by atoms with E-state index >= 15 is 0 Å². The van der Waals surface area contributed by atoms with Crippen LogP contribution in [0.2, 0.25) is 0 Å². The Morgan fingerprint density at radius 1 is 1.60 bits per heavy atom. The van der Waals surface area contributed by atoms with Crippen LogP contribution < -0.4 is 10.1 Å². The number of aliphatic carboxylic acids is 1. The molecule has 2 unspecified atom stereocenters. The molecule has 0 spiro atoms. The van der Waals surface area contributed by atoms with Gasteiger partial charge in [0.1, 0.15) is 12.1 Å². The van der Waals surface area contributed by atoms with Crippen molar-refractivity contribution < 1.29 is 14.6 Å². The molecule has 0 bridgehead atoms. The number of ether oxygens (including phenoxy) is 1. The maximum atomic E-state index is 11.5. The van der Waals surface area contributed by atoms with Crippen LogP contribution in [0.1, 0.15) is 38.7 Å². The molecule has 110 valence electrons. The third kappa shape index (κ3) is 2.55. The van der Waals surface area contributed by atoms with Gasteiger partial charge in [0, 0.05) is 6.04 Å². The number of carboxylic acid groups (broad SMARTS) is 1. The lowest BCUT2D eigenvalue weighted by Crippen LogP contribution is -2.40. The fraction of sp³-hybridized carbons (Fsp3) is 0.643. The Balaban J connectivity index is 2.22. The van der Waals surface area contributed by atoms with Gasteiger partial charge in [-0.2, -0.15) is 0 Å². The third-order valence-corrected chi connectivity index (χ3v) is 4.08. The number of hydrogen-bond donors (Lipinski definition) is 2. The van der Waals surface area contributed by atoms with Gasteiger partial charge < -0.3 is 15.2 Å². The van der Waals surface area contributed by atoms with Crippen LogP contribution in [0.3, 0.4) is 0 Å². The van der Waals surface area contributed by atoms with E-state index in [1.165, 1.54) is 6.33 Å². The van der Waals surface area contributed by atoms with Crippen molar-refractivity contribution in [3.63, 3.8) is 0 Å². The fourth-order valence-corrected chi connectivity index (χ4v) is 2.68. The van der Waals surface area contributed by atoms with Crippen LogP contribution in [0, 0.1) is 12.3 Å². The lowest BCUT2D eigenvalue weighted by molar-refractivity contribution is -0.147. The summed E-state index contributed by atoms with van der Waals surface area (Å²) in [5.74, 6) is 0.437. The van der Waals surface area contributed by atoms with E-state index in [9.17, 15) is 9.90 Å². The molecule has 1 aromatic heterocycles. The quantitative estimate of drug-likeness (QED) is 0.860. The molecular weight excluding hydrogens is 258 g/mol. The van der Waals surface area contributed by atoms with Gasteiger partial charge in [-0.3, -0.25) is 4.79 Å². The van der Waals surface area contributed by atoms with Crippen molar-refractivity contribution in [1.82, 2.24) is 9.97 Å². The molecule has 20 heavy (non-hydrogen) atoms. The first-order valence-electron chi connectivity index (χ1n) is 6.93. The maximum absolute atomic E-state index is 11.5. The summed E-state index contributed by atoms with van der Waals surface area (Å²) in [5, 5.41) is 12.7. The zero-order chi connectivity index (χ0) is 14.8. The molecule has 1 heterocycles. The van der Waals surface area contributed by atoms with E-state index in [2.05, 4.69) is 15.3 Å². The summed E-state index contributed by atoms with van der Waals surface area (Å²) in [6.07, 6.45) is 3.86. The molecule has 2 N–H and O–H groups in total. The Hall–Kier alpha value is -1.85. The number of hydrogen-bond acceptors (Lipinski definition) is 5. The van der Waals surface area contributed by atoms with Crippen molar-refractivity contribution in [1.29, 1.82) is 0 Å². The molecule has 6 nitrogen and oxygen atoms in total. The summed E-state index contributed by atoms with van der Waals surface area (Å²) in [4.78, 5) is 19.8. The van der Waals surface area contributed by atoms with Crippen molar-refractivity contribution in [3.8, 4) is 5.88 Å². The maximum Gasteiger partial charge on any atom is 0.311 e. The second-order valence-electron chi connectivity index (χ2n) is 5.40. The molecule has 0 radical (unpaired) electrons. The fourth-order valence-electron chi connectivity index (χ4n) is 2.68. The molecule has 1 aliphatic carbocycles. The third-order valence-electron chi connectivity index (χ3n) is 4.08. The number of carbonyl (C=O) groups is 1. The zero-order valence-electron chi connectivity index (χ0n) is 12.1. The molecule has 0 aromatic carbocycles. The van der Waals surface area contributed by atoms with E-state index in [1.807, 2.05) is 13.8 Å². The number of nitrogens with zero attached hydrogens (tertiary/aromatic N) is 2. The predicted molar refractivity (Wildman–Crippen MR) is 74.9 cm³/mol. The van der Waals surface area contributed by atoms with Crippen LogP contribution in [0.5, 0.6) is 5.88 Å². The molecule has 1 aromatic rings. The summed E-state index contributed by atoms with van der Waals surface area (Å²) in [6, 6.07) is -0.122. The average molecular weight is 279 g/mol. The first-order chi connectivity index (χ1) is 9.49. The summed E-state index contributed by atoms with van der Waals surface area (Å²) in [6.45, 7) is 6.10. The largest absolute Gasteiger partial charge is 0.481 e. The number of anilines is 1. The van der Waals surface area contributed by atoms with Gasteiger partial charge in [-0.05, 0) is 33.6 Å². The molecule has 2 rings (SSSR count). The van der Waals surface area contributed by atoms with Gasteiger partial charge in [0.25, 0.3) is 0 Å². The highest BCUT2D eigenvalue weighted by molar-refractivity contribution is 5.76. The Kier molecular flexibility index (Phi) is 4.11. The molecule has 0 saturated heterocycles. The summed E-state index contributed by atoms with van der Waals surface area (Å²) >= 11 is 0. The number of aromatic nitrogens is 2. The minimum absolute atomic E-state index is 0.122. The monoisotopic (exact) mass is 279 g/mol. The zero-order valence-corrected chi connectivity index (χ0v) is 12.1. The normalized spacial score (nSPS) is 25.4. The molecule has 1 saturated carbocycles. The Morgan fingerprint density at radius 2 is 2.35 bits per heavy atom. The molecule has 1 fully saturated rings. The Labute approximate surface area is 118 Å².